The summed E-state index contributed by atoms with van der Waals surface area (Å²) >= 11 is 4.28. The lowest BCUT2D eigenvalue weighted by atomic mass is 10.2. The zero-order valence-corrected chi connectivity index (χ0v) is 17.4. The van der Waals surface area contributed by atoms with Crippen LogP contribution in [0.25, 0.3) is 6.08 Å². The molecule has 0 spiro atoms. The van der Waals surface area contributed by atoms with Crippen molar-refractivity contribution >= 4 is 56.6 Å². The zero-order chi connectivity index (χ0) is 20.1. The van der Waals surface area contributed by atoms with E-state index < -0.39 is 5.97 Å². The Bertz CT molecular complexity index is 926. The summed E-state index contributed by atoms with van der Waals surface area (Å²) in [6.07, 6.45) is 1.70. The molecule has 2 amide bonds. The normalized spacial score (nSPS) is 15.2. The highest BCUT2D eigenvalue weighted by atomic mass is 79.9. The maximum atomic E-state index is 12.5. The number of imide groups is 1. The Labute approximate surface area is 175 Å². The molecule has 28 heavy (non-hydrogen) atoms. The van der Waals surface area contributed by atoms with Gasteiger partial charge in [0.25, 0.3) is 11.1 Å². The summed E-state index contributed by atoms with van der Waals surface area (Å²) in [5, 5.41) is 2.69. The molecule has 2 aromatic carbocycles. The van der Waals surface area contributed by atoms with Crippen molar-refractivity contribution in [3.8, 4) is 0 Å². The van der Waals surface area contributed by atoms with Crippen molar-refractivity contribution in [3.63, 3.8) is 0 Å². The van der Waals surface area contributed by atoms with Gasteiger partial charge in [0, 0.05) is 10.2 Å². The average Bonchev–Trinajstić information content (AvgIpc) is 2.95. The van der Waals surface area contributed by atoms with Gasteiger partial charge in [-0.25, -0.2) is 4.79 Å². The Morgan fingerprint density at radius 3 is 2.46 bits per heavy atom. The molecule has 0 radical (unpaired) electrons. The Hall–Kier alpha value is -2.58. The fourth-order valence-corrected chi connectivity index (χ4v) is 3.56. The lowest BCUT2D eigenvalue weighted by Gasteiger charge is -2.14. The van der Waals surface area contributed by atoms with Crippen molar-refractivity contribution in [3.05, 3.63) is 69.0 Å². The maximum Gasteiger partial charge on any atom is 0.338 e. The first-order chi connectivity index (χ1) is 13.5. The summed E-state index contributed by atoms with van der Waals surface area (Å²) in [7, 11) is 0. The number of esters is 1. The van der Waals surface area contributed by atoms with E-state index in [-0.39, 0.29) is 17.8 Å². The summed E-state index contributed by atoms with van der Waals surface area (Å²) in [6.45, 7) is 2.10. The molecule has 8 heteroatoms. The largest absolute Gasteiger partial charge is 0.462 e. The lowest BCUT2D eigenvalue weighted by Crippen LogP contribution is -2.33. The van der Waals surface area contributed by atoms with Crippen LogP contribution in [0.15, 0.2) is 57.9 Å². The monoisotopic (exact) mass is 460 g/mol. The highest BCUT2D eigenvalue weighted by molar-refractivity contribution is 9.10. The molecule has 1 aliphatic heterocycles. The SMILES string of the molecule is CCOC(=O)c1ccc(NCN2C(=O)SC(=Cc3ccc(Br)cc3)C2=O)cc1. The van der Waals surface area contributed by atoms with Gasteiger partial charge >= 0.3 is 5.97 Å². The summed E-state index contributed by atoms with van der Waals surface area (Å²) < 4.78 is 5.88. The van der Waals surface area contributed by atoms with Gasteiger partial charge in [-0.2, -0.15) is 0 Å². The first-order valence-electron chi connectivity index (χ1n) is 8.50. The molecular formula is C20H17BrN2O4S. The number of anilines is 1. The number of carbonyl (C=O) groups is 3. The molecule has 0 atom stereocenters. The minimum atomic E-state index is -0.391. The lowest BCUT2D eigenvalue weighted by molar-refractivity contribution is -0.122. The first kappa shape index (κ1) is 20.2. The topological polar surface area (TPSA) is 75.7 Å². The van der Waals surface area contributed by atoms with E-state index in [1.807, 2.05) is 24.3 Å². The summed E-state index contributed by atoms with van der Waals surface area (Å²) in [5.74, 6) is -0.730. The molecule has 144 valence electrons. The number of nitrogens with zero attached hydrogens (tertiary/aromatic N) is 1. The number of hydrogen-bond acceptors (Lipinski definition) is 6. The van der Waals surface area contributed by atoms with Gasteiger partial charge in [0.05, 0.1) is 23.7 Å². The fraction of sp³-hybridized carbons (Fsp3) is 0.150. The zero-order valence-electron chi connectivity index (χ0n) is 15.0. The maximum absolute atomic E-state index is 12.5. The molecule has 0 aromatic heterocycles. The van der Waals surface area contributed by atoms with Crippen molar-refractivity contribution in [2.75, 3.05) is 18.6 Å². The molecule has 0 aliphatic carbocycles. The molecule has 2 aromatic rings. The molecule has 1 N–H and O–H groups in total. The molecule has 6 nitrogen and oxygen atoms in total. The number of carbonyl (C=O) groups excluding carboxylic acids is 3. The second-order valence-electron chi connectivity index (χ2n) is 5.79. The van der Waals surface area contributed by atoms with Gasteiger partial charge in [-0.15, -0.1) is 0 Å². The Kier molecular flexibility index (Phi) is 6.53. The molecule has 0 saturated carbocycles. The molecular weight excluding hydrogens is 444 g/mol. The molecule has 3 rings (SSSR count). The predicted molar refractivity (Wildman–Crippen MR) is 113 cm³/mol. The number of hydrogen-bond donors (Lipinski definition) is 1. The van der Waals surface area contributed by atoms with Crippen molar-refractivity contribution in [2.24, 2.45) is 0 Å². The predicted octanol–water partition coefficient (Wildman–Crippen LogP) is 4.73. The second-order valence-corrected chi connectivity index (χ2v) is 7.70. The standard InChI is InChI=1S/C20H17BrN2O4S/c1-2-27-19(25)14-5-9-16(10-6-14)22-12-23-18(24)17(28-20(23)26)11-13-3-7-15(21)8-4-13/h3-11,22H,2,12H2,1H3. The molecule has 1 aliphatic rings. The van der Waals surface area contributed by atoms with E-state index in [4.69, 9.17) is 4.74 Å². The van der Waals surface area contributed by atoms with Gasteiger partial charge in [0.1, 0.15) is 0 Å². The van der Waals surface area contributed by atoms with E-state index in [1.165, 1.54) is 0 Å². The number of benzene rings is 2. The Morgan fingerprint density at radius 2 is 1.82 bits per heavy atom. The third kappa shape index (κ3) is 4.82. The minimum absolute atomic E-state index is 0.0428. The van der Waals surface area contributed by atoms with Crippen LogP contribution < -0.4 is 5.32 Å². The van der Waals surface area contributed by atoms with Gasteiger partial charge in [0.2, 0.25) is 0 Å². The van der Waals surface area contributed by atoms with E-state index in [1.54, 1.807) is 37.3 Å². The van der Waals surface area contributed by atoms with Crippen LogP contribution in [-0.4, -0.2) is 35.3 Å². The first-order valence-corrected chi connectivity index (χ1v) is 10.1. The summed E-state index contributed by atoms with van der Waals surface area (Å²) in [6, 6.07) is 14.1. The van der Waals surface area contributed by atoms with Crippen LogP contribution in [0.5, 0.6) is 0 Å². The number of nitrogens with one attached hydrogen (secondary N) is 1. The van der Waals surface area contributed by atoms with E-state index in [0.29, 0.717) is 22.8 Å². The highest BCUT2D eigenvalue weighted by Gasteiger charge is 2.34. The van der Waals surface area contributed by atoms with Crippen LogP contribution in [-0.2, 0) is 9.53 Å². The average molecular weight is 461 g/mol. The van der Waals surface area contributed by atoms with Crippen LogP contribution in [0.2, 0.25) is 0 Å². The van der Waals surface area contributed by atoms with Crippen LogP contribution in [0.4, 0.5) is 10.5 Å². The van der Waals surface area contributed by atoms with Crippen molar-refractivity contribution < 1.29 is 19.1 Å². The molecule has 1 heterocycles. The smallest absolute Gasteiger partial charge is 0.338 e. The number of thioether (sulfide) groups is 1. The Morgan fingerprint density at radius 1 is 1.14 bits per heavy atom. The fourth-order valence-electron chi connectivity index (χ4n) is 2.46. The van der Waals surface area contributed by atoms with Crippen molar-refractivity contribution in [2.45, 2.75) is 6.92 Å². The van der Waals surface area contributed by atoms with Crippen molar-refractivity contribution in [1.82, 2.24) is 4.90 Å². The van der Waals surface area contributed by atoms with Gasteiger partial charge < -0.3 is 10.1 Å². The van der Waals surface area contributed by atoms with Crippen LogP contribution in [0.3, 0.4) is 0 Å². The molecule has 1 saturated heterocycles. The molecule has 1 fully saturated rings. The van der Waals surface area contributed by atoms with Crippen LogP contribution >= 0.6 is 27.7 Å². The third-order valence-electron chi connectivity index (χ3n) is 3.88. The molecule has 0 unspecified atom stereocenters. The second kappa shape index (κ2) is 9.07. The highest BCUT2D eigenvalue weighted by Crippen LogP contribution is 2.32. The minimum Gasteiger partial charge on any atom is -0.462 e. The Balaban J connectivity index is 1.63. The number of ether oxygens (including phenoxy) is 1. The van der Waals surface area contributed by atoms with E-state index in [2.05, 4.69) is 21.2 Å². The summed E-state index contributed by atoms with van der Waals surface area (Å²) in [4.78, 5) is 37.9. The van der Waals surface area contributed by atoms with Gasteiger partial charge in [-0.05, 0) is 66.7 Å². The van der Waals surface area contributed by atoms with Gasteiger partial charge in [-0.1, -0.05) is 28.1 Å². The van der Waals surface area contributed by atoms with Crippen molar-refractivity contribution in [1.29, 1.82) is 0 Å². The van der Waals surface area contributed by atoms with Gasteiger partial charge in [-0.3, -0.25) is 14.5 Å². The number of amides is 2. The summed E-state index contributed by atoms with van der Waals surface area (Å²) in [5.41, 5.74) is 1.97. The van der Waals surface area contributed by atoms with E-state index in [0.717, 1.165) is 26.7 Å². The number of halogens is 1. The van der Waals surface area contributed by atoms with Crippen LogP contribution in [0, 0.1) is 0 Å². The van der Waals surface area contributed by atoms with Crippen LogP contribution in [0.1, 0.15) is 22.8 Å². The van der Waals surface area contributed by atoms with E-state index >= 15 is 0 Å². The quantitative estimate of drug-likeness (QED) is 0.495. The van der Waals surface area contributed by atoms with E-state index in [9.17, 15) is 14.4 Å². The third-order valence-corrected chi connectivity index (χ3v) is 5.31. The van der Waals surface area contributed by atoms with Gasteiger partial charge in [0.15, 0.2) is 0 Å². The molecule has 0 bridgehead atoms. The number of rotatable bonds is 6.